The molecule has 2 aliphatic carbocycles. The molecule has 1 aromatic carbocycles. The van der Waals surface area contributed by atoms with Crippen molar-refractivity contribution in [2.75, 3.05) is 26.1 Å². The van der Waals surface area contributed by atoms with Crippen molar-refractivity contribution in [1.29, 1.82) is 0 Å². The molecule has 2 saturated carbocycles. The van der Waals surface area contributed by atoms with E-state index in [0.717, 1.165) is 19.3 Å². The van der Waals surface area contributed by atoms with E-state index in [1.165, 1.54) is 26.4 Å². The van der Waals surface area contributed by atoms with Crippen LogP contribution in [0.4, 0.5) is 5.95 Å². The molecule has 1 N–H and O–H groups in total. The topological polar surface area (TPSA) is 130 Å². The Hall–Kier alpha value is -2.96. The number of nitrogens with one attached hydrogen (secondary N) is 1. The largest absolute Gasteiger partial charge is 0.494 e. The second-order valence-corrected chi connectivity index (χ2v) is 11.6. The lowest BCUT2D eigenvalue weighted by molar-refractivity contribution is 0.0950. The van der Waals surface area contributed by atoms with E-state index in [-0.39, 0.29) is 23.1 Å². The highest BCUT2D eigenvalue weighted by molar-refractivity contribution is 7.93. The fraction of sp³-hybridized carbons (Fsp3) is 0.478. The number of benzene rings is 1. The number of sulfonamides is 1. The Morgan fingerprint density at radius 2 is 1.75 bits per heavy atom. The molecule has 5 rings (SSSR count). The van der Waals surface area contributed by atoms with E-state index in [0.29, 0.717) is 28.0 Å². The summed E-state index contributed by atoms with van der Waals surface area (Å²) in [6, 6.07) is 5.36. The number of anilines is 1. The lowest BCUT2D eigenvalue weighted by atomic mass is 10.2. The Bertz CT molecular complexity index is 1350. The number of aromatic nitrogens is 5. The fourth-order valence-electron chi connectivity index (χ4n) is 4.65. The molecule has 0 bridgehead atoms. The van der Waals surface area contributed by atoms with Gasteiger partial charge in [-0.05, 0) is 43.7 Å². The summed E-state index contributed by atoms with van der Waals surface area (Å²) in [7, 11) is 0.439. The summed E-state index contributed by atoms with van der Waals surface area (Å²) >= 11 is 5.88. The van der Waals surface area contributed by atoms with E-state index in [1.807, 2.05) is 0 Å². The van der Waals surface area contributed by atoms with Crippen LogP contribution in [0.3, 0.4) is 0 Å². The molecule has 0 aliphatic heterocycles. The van der Waals surface area contributed by atoms with Gasteiger partial charge in [0.1, 0.15) is 34.4 Å². The van der Waals surface area contributed by atoms with E-state index in [2.05, 4.69) is 24.9 Å². The summed E-state index contributed by atoms with van der Waals surface area (Å²) in [4.78, 5) is 8.27. The van der Waals surface area contributed by atoms with Crippen LogP contribution in [0.1, 0.15) is 49.9 Å². The predicted octanol–water partition coefficient (Wildman–Crippen LogP) is 3.51. The Morgan fingerprint density at radius 1 is 1.11 bits per heavy atom. The van der Waals surface area contributed by atoms with Gasteiger partial charge in [0.05, 0.1) is 19.2 Å². The van der Waals surface area contributed by atoms with Crippen LogP contribution in [0.2, 0.25) is 5.02 Å². The summed E-state index contributed by atoms with van der Waals surface area (Å²) in [5, 5.41) is 7.94. The van der Waals surface area contributed by atoms with Crippen LogP contribution in [0, 0.1) is 5.41 Å². The van der Waals surface area contributed by atoms with Crippen molar-refractivity contribution in [2.24, 2.45) is 5.41 Å². The second kappa shape index (κ2) is 9.16. The van der Waals surface area contributed by atoms with Gasteiger partial charge in [0.2, 0.25) is 16.0 Å². The van der Waals surface area contributed by atoms with Crippen LogP contribution < -0.4 is 14.2 Å². The average Bonchev–Trinajstić information content (AvgIpc) is 3.77. The summed E-state index contributed by atoms with van der Waals surface area (Å²) in [6.45, 7) is 1.51. The summed E-state index contributed by atoms with van der Waals surface area (Å²) in [5.41, 5.74) is 0.774. The first-order valence-electron chi connectivity index (χ1n) is 11.4. The predicted molar refractivity (Wildman–Crippen MR) is 132 cm³/mol. The first-order valence-corrected chi connectivity index (χ1v) is 13.4. The minimum absolute atomic E-state index is 0.0363. The minimum Gasteiger partial charge on any atom is -0.494 e. The highest BCUT2D eigenvalue weighted by Crippen LogP contribution is 2.75. The van der Waals surface area contributed by atoms with E-state index in [4.69, 9.17) is 25.8 Å². The first kappa shape index (κ1) is 24.7. The lowest BCUT2D eigenvalue weighted by Gasteiger charge is -2.23. The molecule has 36 heavy (non-hydrogen) atoms. The van der Waals surface area contributed by atoms with Gasteiger partial charge in [0.15, 0.2) is 5.82 Å². The first-order chi connectivity index (χ1) is 17.2. The Kier molecular flexibility index (Phi) is 6.29. The highest BCUT2D eigenvalue weighted by Gasteiger charge is 2.65. The van der Waals surface area contributed by atoms with Gasteiger partial charge >= 0.3 is 0 Å². The molecule has 0 amide bonds. The van der Waals surface area contributed by atoms with E-state index >= 15 is 0 Å². The monoisotopic (exact) mass is 534 g/mol. The Morgan fingerprint density at radius 3 is 2.28 bits per heavy atom. The SMILES string of the molecule is COc1cccc(OC)c1-n1c(NS(=O)(=O)[C@@H](C)[C@H](OC)c2ncc(Cl)cn2)nnc1[C@H]1CC12CC2. The molecule has 2 aromatic heterocycles. The molecule has 2 aliphatic rings. The molecule has 0 radical (unpaired) electrons. The molecule has 13 heteroatoms. The third kappa shape index (κ3) is 4.27. The number of halogens is 1. The summed E-state index contributed by atoms with van der Waals surface area (Å²) in [6.07, 6.45) is 5.08. The number of hydrogen-bond donors (Lipinski definition) is 1. The van der Waals surface area contributed by atoms with Crippen molar-refractivity contribution in [2.45, 2.75) is 43.5 Å². The molecule has 2 heterocycles. The lowest BCUT2D eigenvalue weighted by Crippen LogP contribution is -2.33. The van der Waals surface area contributed by atoms with Gasteiger partial charge < -0.3 is 14.2 Å². The van der Waals surface area contributed by atoms with E-state index < -0.39 is 21.4 Å². The normalized spacial score (nSPS) is 19.5. The number of rotatable bonds is 10. The Labute approximate surface area is 214 Å². The number of nitrogens with zero attached hydrogens (tertiary/aromatic N) is 5. The molecule has 1 spiro atoms. The van der Waals surface area contributed by atoms with Crippen LogP contribution in [0.5, 0.6) is 11.5 Å². The number of ether oxygens (including phenoxy) is 3. The molecule has 0 unspecified atom stereocenters. The maximum Gasteiger partial charge on any atom is 0.243 e. The molecule has 3 aromatic rings. The van der Waals surface area contributed by atoms with Crippen LogP contribution in [-0.2, 0) is 14.8 Å². The minimum atomic E-state index is -4.05. The van der Waals surface area contributed by atoms with E-state index in [1.54, 1.807) is 37.0 Å². The van der Waals surface area contributed by atoms with Crippen molar-refractivity contribution < 1.29 is 22.6 Å². The fourth-order valence-corrected chi connectivity index (χ4v) is 5.87. The zero-order valence-corrected chi connectivity index (χ0v) is 21.9. The van der Waals surface area contributed by atoms with Crippen molar-refractivity contribution >= 4 is 27.6 Å². The van der Waals surface area contributed by atoms with Crippen molar-refractivity contribution in [3.63, 3.8) is 0 Å². The van der Waals surface area contributed by atoms with Gasteiger partial charge in [-0.15, -0.1) is 10.2 Å². The molecule has 0 saturated heterocycles. The van der Waals surface area contributed by atoms with Gasteiger partial charge in [-0.25, -0.2) is 18.4 Å². The molecular formula is C23H27ClN6O5S. The van der Waals surface area contributed by atoms with Crippen molar-refractivity contribution in [1.82, 2.24) is 24.7 Å². The third-order valence-electron chi connectivity index (χ3n) is 7.01. The zero-order chi connectivity index (χ0) is 25.7. The maximum absolute atomic E-state index is 13.6. The van der Waals surface area contributed by atoms with Gasteiger partial charge in [-0.1, -0.05) is 17.7 Å². The molecule has 2 fully saturated rings. The molecule has 192 valence electrons. The molecule has 3 atom stereocenters. The number of hydrogen-bond acceptors (Lipinski definition) is 9. The molecular weight excluding hydrogens is 508 g/mol. The molecule has 11 nitrogen and oxygen atoms in total. The van der Waals surface area contributed by atoms with Crippen LogP contribution in [0.25, 0.3) is 5.69 Å². The van der Waals surface area contributed by atoms with Crippen molar-refractivity contribution in [3.05, 3.63) is 47.3 Å². The Balaban J connectivity index is 1.55. The quantitative estimate of drug-likeness (QED) is 0.415. The van der Waals surface area contributed by atoms with Crippen LogP contribution in [0.15, 0.2) is 30.6 Å². The van der Waals surface area contributed by atoms with Gasteiger partial charge in [0, 0.05) is 25.4 Å². The van der Waals surface area contributed by atoms with Crippen LogP contribution >= 0.6 is 11.6 Å². The number of methoxy groups -OCH3 is 3. The van der Waals surface area contributed by atoms with E-state index in [9.17, 15) is 8.42 Å². The number of para-hydroxylation sites is 1. The standard InChI is InChI=1S/C23H27ClN6O5S/c1-13(19(35-4)20-25-11-14(24)12-26-20)36(31,32)29-22-28-27-21(15-10-23(15)8-9-23)30(22)18-16(33-2)6-5-7-17(18)34-3/h5-7,11-13,15,19H,8-10H2,1-4H3,(H,28,29)/t13-,15+,19-/m0/s1. The summed E-state index contributed by atoms with van der Waals surface area (Å²) in [5.74, 6) is 2.09. The second-order valence-electron chi connectivity index (χ2n) is 9.12. The third-order valence-corrected chi connectivity index (χ3v) is 8.89. The van der Waals surface area contributed by atoms with Gasteiger partial charge in [-0.2, -0.15) is 0 Å². The maximum atomic E-state index is 13.6. The van der Waals surface area contributed by atoms with Gasteiger partial charge in [0.25, 0.3) is 0 Å². The zero-order valence-electron chi connectivity index (χ0n) is 20.3. The summed E-state index contributed by atoms with van der Waals surface area (Å²) < 4.78 is 48.1. The highest BCUT2D eigenvalue weighted by atomic mass is 35.5. The van der Waals surface area contributed by atoms with Gasteiger partial charge in [-0.3, -0.25) is 9.29 Å². The average molecular weight is 535 g/mol. The van der Waals surface area contributed by atoms with Crippen LogP contribution in [-0.4, -0.2) is 59.7 Å². The smallest absolute Gasteiger partial charge is 0.243 e. The van der Waals surface area contributed by atoms with Crippen molar-refractivity contribution in [3.8, 4) is 17.2 Å².